The van der Waals surface area contributed by atoms with Gasteiger partial charge in [0.1, 0.15) is 0 Å². The first-order valence-electron chi connectivity index (χ1n) is 8.43. The first-order valence-corrected chi connectivity index (χ1v) is 8.81. The highest BCUT2D eigenvalue weighted by atomic mass is 35.5. The second-order valence-corrected chi connectivity index (χ2v) is 6.72. The Morgan fingerprint density at radius 1 is 1.19 bits per heavy atom. The Balaban J connectivity index is 1.59. The standard InChI is InChI=1S/C20H19ClN2O3/c1-13(14-6-4-7-16(21)11-14)22-18(24)9-10-23-19(25)12-15-5-2-3-8-17(15)20(23)26/h2-8,11,13H,9-10,12H2,1H3,(H,22,24)/t13-/m0/s1. The molecule has 1 atom stereocenters. The summed E-state index contributed by atoms with van der Waals surface area (Å²) in [4.78, 5) is 38.1. The van der Waals surface area contributed by atoms with Crippen molar-refractivity contribution in [3.63, 3.8) is 0 Å². The monoisotopic (exact) mass is 370 g/mol. The van der Waals surface area contributed by atoms with Gasteiger partial charge in [-0.25, -0.2) is 0 Å². The molecule has 0 aromatic heterocycles. The molecule has 0 bridgehead atoms. The fraction of sp³-hybridized carbons (Fsp3) is 0.250. The molecule has 3 amide bonds. The predicted octanol–water partition coefficient (Wildman–Crippen LogP) is 3.13. The maximum atomic E-state index is 12.5. The Kier molecular flexibility index (Phi) is 5.38. The largest absolute Gasteiger partial charge is 0.350 e. The van der Waals surface area contributed by atoms with Crippen LogP contribution in [0.1, 0.15) is 40.9 Å². The molecule has 26 heavy (non-hydrogen) atoms. The van der Waals surface area contributed by atoms with Gasteiger partial charge in [0.25, 0.3) is 5.91 Å². The summed E-state index contributed by atoms with van der Waals surface area (Å²) in [5.41, 5.74) is 2.16. The number of halogens is 1. The zero-order valence-corrected chi connectivity index (χ0v) is 15.1. The van der Waals surface area contributed by atoms with Crippen molar-refractivity contribution in [2.75, 3.05) is 6.54 Å². The molecule has 1 heterocycles. The van der Waals surface area contributed by atoms with Crippen LogP contribution >= 0.6 is 11.6 Å². The minimum Gasteiger partial charge on any atom is -0.350 e. The van der Waals surface area contributed by atoms with Crippen LogP contribution in [-0.2, 0) is 16.0 Å². The number of benzene rings is 2. The molecule has 0 radical (unpaired) electrons. The minimum atomic E-state index is -0.340. The third-order valence-corrected chi connectivity index (χ3v) is 4.66. The highest BCUT2D eigenvalue weighted by Crippen LogP contribution is 2.20. The Hall–Kier alpha value is -2.66. The molecular formula is C20H19ClN2O3. The van der Waals surface area contributed by atoms with Crippen LogP contribution in [0.25, 0.3) is 0 Å². The van der Waals surface area contributed by atoms with E-state index in [1.165, 1.54) is 0 Å². The number of carbonyl (C=O) groups excluding carboxylic acids is 3. The van der Waals surface area contributed by atoms with Crippen molar-refractivity contribution in [1.29, 1.82) is 0 Å². The molecule has 0 saturated carbocycles. The van der Waals surface area contributed by atoms with Gasteiger partial charge in [0.15, 0.2) is 0 Å². The molecule has 3 rings (SSSR count). The summed E-state index contributed by atoms with van der Waals surface area (Å²) >= 11 is 5.97. The molecule has 1 N–H and O–H groups in total. The third kappa shape index (κ3) is 3.94. The number of rotatable bonds is 5. The van der Waals surface area contributed by atoms with E-state index in [-0.39, 0.29) is 43.1 Å². The van der Waals surface area contributed by atoms with Crippen molar-refractivity contribution in [2.45, 2.75) is 25.8 Å². The van der Waals surface area contributed by atoms with Gasteiger partial charge >= 0.3 is 0 Å². The van der Waals surface area contributed by atoms with Gasteiger partial charge in [0, 0.05) is 23.6 Å². The Morgan fingerprint density at radius 2 is 1.96 bits per heavy atom. The molecule has 134 valence electrons. The number of imide groups is 1. The second-order valence-electron chi connectivity index (χ2n) is 6.28. The first kappa shape index (κ1) is 18.1. The molecule has 0 unspecified atom stereocenters. The summed E-state index contributed by atoms with van der Waals surface area (Å²) < 4.78 is 0. The van der Waals surface area contributed by atoms with Crippen molar-refractivity contribution in [3.8, 4) is 0 Å². The van der Waals surface area contributed by atoms with E-state index in [1.54, 1.807) is 36.4 Å². The number of carbonyl (C=O) groups is 3. The Morgan fingerprint density at radius 3 is 2.73 bits per heavy atom. The number of nitrogens with one attached hydrogen (secondary N) is 1. The summed E-state index contributed by atoms with van der Waals surface area (Å²) in [5, 5.41) is 3.47. The van der Waals surface area contributed by atoms with E-state index >= 15 is 0 Å². The molecule has 0 fully saturated rings. The highest BCUT2D eigenvalue weighted by Gasteiger charge is 2.30. The molecular weight excluding hydrogens is 352 g/mol. The van der Waals surface area contributed by atoms with Gasteiger partial charge in [-0.3, -0.25) is 19.3 Å². The number of fused-ring (bicyclic) bond motifs is 1. The topological polar surface area (TPSA) is 66.5 Å². The molecule has 1 aliphatic heterocycles. The molecule has 2 aromatic rings. The van der Waals surface area contributed by atoms with Gasteiger partial charge in [-0.05, 0) is 36.2 Å². The van der Waals surface area contributed by atoms with Crippen LogP contribution in [-0.4, -0.2) is 29.2 Å². The molecule has 2 aromatic carbocycles. The summed E-state index contributed by atoms with van der Waals surface area (Å²) in [6.07, 6.45) is 0.243. The van der Waals surface area contributed by atoms with Crippen LogP contribution in [0.5, 0.6) is 0 Å². The predicted molar refractivity (Wildman–Crippen MR) is 98.8 cm³/mol. The zero-order valence-electron chi connectivity index (χ0n) is 14.4. The van der Waals surface area contributed by atoms with Crippen LogP contribution < -0.4 is 5.32 Å². The zero-order chi connectivity index (χ0) is 18.7. The molecule has 0 spiro atoms. The second kappa shape index (κ2) is 7.70. The van der Waals surface area contributed by atoms with E-state index in [0.29, 0.717) is 10.6 Å². The lowest BCUT2D eigenvalue weighted by molar-refractivity contribution is -0.129. The number of amides is 3. The van der Waals surface area contributed by atoms with E-state index in [9.17, 15) is 14.4 Å². The van der Waals surface area contributed by atoms with Gasteiger partial charge in [-0.2, -0.15) is 0 Å². The Labute approximate surface area is 156 Å². The van der Waals surface area contributed by atoms with Crippen molar-refractivity contribution in [3.05, 3.63) is 70.2 Å². The quantitative estimate of drug-likeness (QED) is 0.822. The summed E-state index contributed by atoms with van der Waals surface area (Å²) in [5.74, 6) is -0.839. The van der Waals surface area contributed by atoms with Crippen molar-refractivity contribution >= 4 is 29.3 Å². The summed E-state index contributed by atoms with van der Waals surface area (Å²) in [6, 6.07) is 14.1. The minimum absolute atomic E-state index is 0.0601. The van der Waals surface area contributed by atoms with Crippen molar-refractivity contribution in [1.82, 2.24) is 10.2 Å². The first-order chi connectivity index (χ1) is 12.5. The SMILES string of the molecule is C[C@H](NC(=O)CCN1C(=O)Cc2ccccc2C1=O)c1cccc(Cl)c1. The molecule has 5 nitrogen and oxygen atoms in total. The number of hydrogen-bond acceptors (Lipinski definition) is 3. The van der Waals surface area contributed by atoms with E-state index < -0.39 is 0 Å². The van der Waals surface area contributed by atoms with E-state index in [0.717, 1.165) is 16.0 Å². The summed E-state index contributed by atoms with van der Waals surface area (Å²) in [7, 11) is 0. The molecule has 1 aliphatic rings. The maximum absolute atomic E-state index is 12.5. The average molecular weight is 371 g/mol. The highest BCUT2D eigenvalue weighted by molar-refractivity contribution is 6.30. The molecule has 6 heteroatoms. The van der Waals surface area contributed by atoms with Gasteiger partial charge in [-0.1, -0.05) is 41.9 Å². The normalized spacial score (nSPS) is 14.8. The molecule has 0 saturated heterocycles. The maximum Gasteiger partial charge on any atom is 0.260 e. The van der Waals surface area contributed by atoms with Crippen LogP contribution in [0, 0.1) is 0 Å². The smallest absolute Gasteiger partial charge is 0.260 e. The van der Waals surface area contributed by atoms with Gasteiger partial charge in [0.05, 0.1) is 12.5 Å². The Bertz CT molecular complexity index is 866. The average Bonchev–Trinajstić information content (AvgIpc) is 2.61. The van der Waals surface area contributed by atoms with Gasteiger partial charge in [0.2, 0.25) is 11.8 Å². The summed E-state index contributed by atoms with van der Waals surface area (Å²) in [6.45, 7) is 1.93. The number of hydrogen-bond donors (Lipinski definition) is 1. The van der Waals surface area contributed by atoms with Crippen LogP contribution in [0.2, 0.25) is 5.02 Å². The lowest BCUT2D eigenvalue weighted by atomic mass is 9.98. The van der Waals surface area contributed by atoms with E-state index in [1.807, 2.05) is 19.1 Å². The van der Waals surface area contributed by atoms with Crippen molar-refractivity contribution in [2.24, 2.45) is 0 Å². The lowest BCUT2D eigenvalue weighted by Crippen LogP contribution is -2.44. The van der Waals surface area contributed by atoms with Crippen LogP contribution in [0.15, 0.2) is 48.5 Å². The van der Waals surface area contributed by atoms with Crippen LogP contribution in [0.3, 0.4) is 0 Å². The van der Waals surface area contributed by atoms with E-state index in [2.05, 4.69) is 5.32 Å². The number of nitrogens with zero attached hydrogens (tertiary/aromatic N) is 1. The third-order valence-electron chi connectivity index (χ3n) is 4.42. The lowest BCUT2D eigenvalue weighted by Gasteiger charge is -2.26. The fourth-order valence-corrected chi connectivity index (χ4v) is 3.21. The van der Waals surface area contributed by atoms with Gasteiger partial charge in [-0.15, -0.1) is 0 Å². The molecule has 0 aliphatic carbocycles. The van der Waals surface area contributed by atoms with E-state index in [4.69, 9.17) is 11.6 Å². The fourth-order valence-electron chi connectivity index (χ4n) is 3.01. The van der Waals surface area contributed by atoms with Crippen molar-refractivity contribution < 1.29 is 14.4 Å². The van der Waals surface area contributed by atoms with Gasteiger partial charge < -0.3 is 5.32 Å². The van der Waals surface area contributed by atoms with Crippen LogP contribution in [0.4, 0.5) is 0 Å².